The predicted octanol–water partition coefficient (Wildman–Crippen LogP) is 7.50. The van der Waals surface area contributed by atoms with E-state index in [9.17, 15) is 20.1 Å². The van der Waals surface area contributed by atoms with Crippen molar-refractivity contribution in [2.24, 2.45) is 5.41 Å². The van der Waals surface area contributed by atoms with Crippen molar-refractivity contribution in [3.05, 3.63) is 155 Å². The molecule has 0 radical (unpaired) electrons. The second-order valence-corrected chi connectivity index (χ2v) is 10.7. The van der Waals surface area contributed by atoms with E-state index in [4.69, 9.17) is 9.47 Å². The Morgan fingerprint density at radius 2 is 0.791 bits per heavy atom. The minimum Gasteiger partial charge on any atom is -0.420 e. The lowest BCUT2D eigenvalue weighted by atomic mass is 9.92. The van der Waals surface area contributed by atoms with Crippen LogP contribution in [0.3, 0.4) is 0 Å². The zero-order chi connectivity index (χ0) is 30.8. The van der Waals surface area contributed by atoms with Gasteiger partial charge >= 0.3 is 11.9 Å². The van der Waals surface area contributed by atoms with Crippen molar-refractivity contribution in [3.63, 3.8) is 0 Å². The normalized spacial score (nSPS) is 10.6. The predicted molar refractivity (Wildman–Crippen MR) is 164 cm³/mol. The molecule has 4 aromatic carbocycles. The van der Waals surface area contributed by atoms with Gasteiger partial charge in [-0.15, -0.1) is 0 Å². The van der Waals surface area contributed by atoms with E-state index in [2.05, 4.69) is 0 Å². The summed E-state index contributed by atoms with van der Waals surface area (Å²) in [6, 6.07) is 40.2. The van der Waals surface area contributed by atoms with Crippen LogP contribution in [0, 0.1) is 28.1 Å². The quantitative estimate of drug-likeness (QED) is 0.0948. The van der Waals surface area contributed by atoms with Gasteiger partial charge in [0.25, 0.3) is 6.29 Å². The average Bonchev–Trinajstić information content (AvgIpc) is 3.03. The summed E-state index contributed by atoms with van der Waals surface area (Å²) in [6.45, 7) is 5.19. The van der Waals surface area contributed by atoms with Crippen LogP contribution in [0.15, 0.2) is 132 Å². The number of ether oxygens (including phenoxy) is 2. The Bertz CT molecular complexity index is 1520. The molecular formula is C37H30N2O4. The summed E-state index contributed by atoms with van der Waals surface area (Å²) < 4.78 is 11.5. The highest BCUT2D eigenvalue weighted by Crippen LogP contribution is 2.32. The molecule has 0 heterocycles. The van der Waals surface area contributed by atoms with Gasteiger partial charge in [-0.05, 0) is 22.3 Å². The van der Waals surface area contributed by atoms with Gasteiger partial charge in [-0.25, -0.2) is 9.59 Å². The first-order chi connectivity index (χ1) is 20.7. The summed E-state index contributed by atoms with van der Waals surface area (Å²) in [6.07, 6.45) is -1.42. The minimum absolute atomic E-state index is 0.243. The van der Waals surface area contributed by atoms with E-state index in [1.54, 1.807) is 69.3 Å². The number of hydrogen-bond donors (Lipinski definition) is 0. The van der Waals surface area contributed by atoms with Crippen molar-refractivity contribution in [1.29, 1.82) is 10.5 Å². The van der Waals surface area contributed by atoms with Gasteiger partial charge in [0.1, 0.15) is 23.3 Å². The topological polar surface area (TPSA) is 100 Å². The smallest absolute Gasteiger partial charge is 0.352 e. The van der Waals surface area contributed by atoms with Crippen LogP contribution in [-0.4, -0.2) is 18.2 Å². The molecule has 0 fully saturated rings. The highest BCUT2D eigenvalue weighted by Gasteiger charge is 2.35. The van der Waals surface area contributed by atoms with Crippen molar-refractivity contribution in [2.45, 2.75) is 27.1 Å². The molecular weight excluding hydrogens is 536 g/mol. The third kappa shape index (κ3) is 7.33. The summed E-state index contributed by atoms with van der Waals surface area (Å²) in [7, 11) is 0. The van der Waals surface area contributed by atoms with Crippen LogP contribution >= 0.6 is 0 Å². The van der Waals surface area contributed by atoms with E-state index < -0.39 is 23.6 Å². The van der Waals surface area contributed by atoms with Crippen molar-refractivity contribution >= 4 is 23.1 Å². The largest absolute Gasteiger partial charge is 0.420 e. The summed E-state index contributed by atoms with van der Waals surface area (Å²) >= 11 is 0. The molecule has 0 aliphatic rings. The van der Waals surface area contributed by atoms with Crippen molar-refractivity contribution in [2.75, 3.05) is 0 Å². The van der Waals surface area contributed by atoms with Crippen LogP contribution in [-0.2, 0) is 19.1 Å². The maximum absolute atomic E-state index is 13.6. The second kappa shape index (κ2) is 13.8. The molecule has 0 bridgehead atoms. The molecule has 0 saturated carbocycles. The van der Waals surface area contributed by atoms with Gasteiger partial charge in [-0.3, -0.25) is 0 Å². The van der Waals surface area contributed by atoms with Crippen LogP contribution < -0.4 is 0 Å². The Morgan fingerprint density at radius 3 is 1.00 bits per heavy atom. The maximum Gasteiger partial charge on any atom is 0.352 e. The van der Waals surface area contributed by atoms with Crippen molar-refractivity contribution < 1.29 is 19.1 Å². The average molecular weight is 567 g/mol. The Kier molecular flexibility index (Phi) is 9.68. The number of rotatable bonds is 8. The molecule has 4 rings (SSSR count). The fraction of sp³-hybridized carbons (Fsp3) is 0.135. The lowest BCUT2D eigenvalue weighted by Crippen LogP contribution is -2.37. The zero-order valence-electron chi connectivity index (χ0n) is 24.2. The second-order valence-electron chi connectivity index (χ2n) is 10.7. The SMILES string of the molecule is CC(C)(C)C(OC(=O)C(C#N)=C(c1ccccc1)c1ccccc1)OC(=O)C(C#N)=C(c1ccccc1)c1ccccc1. The zero-order valence-corrected chi connectivity index (χ0v) is 24.2. The van der Waals surface area contributed by atoms with Crippen LogP contribution in [0.2, 0.25) is 0 Å². The third-order valence-electron chi connectivity index (χ3n) is 6.52. The first-order valence-electron chi connectivity index (χ1n) is 13.7. The number of carbonyl (C=O) groups excluding carboxylic acids is 2. The van der Waals surface area contributed by atoms with E-state index in [1.165, 1.54) is 0 Å². The lowest BCUT2D eigenvalue weighted by Gasteiger charge is -2.29. The van der Waals surface area contributed by atoms with Gasteiger partial charge in [0.05, 0.1) is 0 Å². The fourth-order valence-electron chi connectivity index (χ4n) is 4.43. The van der Waals surface area contributed by atoms with Crippen LogP contribution in [0.25, 0.3) is 11.1 Å². The van der Waals surface area contributed by atoms with Gasteiger partial charge in [0, 0.05) is 16.6 Å². The number of benzene rings is 4. The Hall–Kier alpha value is -5.72. The molecule has 0 N–H and O–H groups in total. The molecule has 0 spiro atoms. The minimum atomic E-state index is -1.42. The Labute approximate surface area is 251 Å². The molecule has 6 heteroatoms. The van der Waals surface area contributed by atoms with Gasteiger partial charge in [-0.2, -0.15) is 10.5 Å². The molecule has 0 unspecified atom stereocenters. The molecule has 212 valence electrons. The van der Waals surface area contributed by atoms with E-state index in [0.29, 0.717) is 33.4 Å². The molecule has 0 amide bonds. The first-order valence-corrected chi connectivity index (χ1v) is 13.7. The summed E-state index contributed by atoms with van der Waals surface area (Å²) in [4.78, 5) is 27.3. The van der Waals surface area contributed by atoms with Crippen LogP contribution in [0.1, 0.15) is 43.0 Å². The Balaban J connectivity index is 1.75. The molecule has 0 atom stereocenters. The summed E-state index contributed by atoms with van der Waals surface area (Å²) in [5.74, 6) is -1.90. The van der Waals surface area contributed by atoms with E-state index >= 15 is 0 Å². The molecule has 6 nitrogen and oxygen atoms in total. The maximum atomic E-state index is 13.6. The highest BCUT2D eigenvalue weighted by atomic mass is 16.7. The van der Waals surface area contributed by atoms with Crippen LogP contribution in [0.5, 0.6) is 0 Å². The first kappa shape index (κ1) is 30.2. The van der Waals surface area contributed by atoms with Crippen molar-refractivity contribution in [3.8, 4) is 12.1 Å². The van der Waals surface area contributed by atoms with Gasteiger partial charge < -0.3 is 9.47 Å². The molecule has 0 aliphatic carbocycles. The van der Waals surface area contributed by atoms with Crippen molar-refractivity contribution in [1.82, 2.24) is 0 Å². The molecule has 4 aromatic rings. The number of nitriles is 2. The van der Waals surface area contributed by atoms with Crippen LogP contribution in [0.4, 0.5) is 0 Å². The highest BCUT2D eigenvalue weighted by molar-refractivity contribution is 6.06. The van der Waals surface area contributed by atoms with Gasteiger partial charge in [-0.1, -0.05) is 142 Å². The monoisotopic (exact) mass is 566 g/mol. The number of esters is 2. The third-order valence-corrected chi connectivity index (χ3v) is 6.52. The molecule has 0 saturated heterocycles. The number of nitrogens with zero attached hydrogens (tertiary/aromatic N) is 2. The van der Waals surface area contributed by atoms with Gasteiger partial charge in [0.2, 0.25) is 0 Å². The number of hydrogen-bond acceptors (Lipinski definition) is 6. The van der Waals surface area contributed by atoms with E-state index in [0.717, 1.165) is 0 Å². The summed E-state index contributed by atoms with van der Waals surface area (Å²) in [5, 5.41) is 20.3. The molecule has 43 heavy (non-hydrogen) atoms. The lowest BCUT2D eigenvalue weighted by molar-refractivity contribution is -0.201. The number of carbonyl (C=O) groups is 2. The van der Waals surface area contributed by atoms with E-state index in [1.807, 2.05) is 84.9 Å². The summed E-state index contributed by atoms with van der Waals surface area (Å²) in [5.41, 5.74) is 2.00. The standard InChI is InChI=1S/C37H30N2O4/c1-37(2,3)36(42-34(40)30(24-38)32(26-16-8-4-9-17-26)27-18-10-5-11-19-27)43-35(41)31(25-39)33(28-20-12-6-13-21-28)29-22-14-7-15-23-29/h4-23,36H,1-3H3. The molecule has 0 aliphatic heterocycles. The van der Waals surface area contributed by atoms with Gasteiger partial charge in [0.15, 0.2) is 0 Å². The molecule has 0 aromatic heterocycles. The van der Waals surface area contributed by atoms with E-state index in [-0.39, 0.29) is 11.1 Å². The Morgan fingerprint density at radius 1 is 0.535 bits per heavy atom. The fourth-order valence-corrected chi connectivity index (χ4v) is 4.43.